The molecule has 0 N–H and O–H groups in total. The Morgan fingerprint density at radius 1 is 1.08 bits per heavy atom. The SMILES string of the molecule is Cc1c(Cl)ccc2sc(N(CCCN3CCOCC3)C(=O)c3ccccc3Oc3ccccc3)nc12. The summed E-state index contributed by atoms with van der Waals surface area (Å²) in [5, 5.41) is 1.34. The van der Waals surface area contributed by atoms with Gasteiger partial charge >= 0.3 is 0 Å². The summed E-state index contributed by atoms with van der Waals surface area (Å²) >= 11 is 7.86. The second-order valence-corrected chi connectivity index (χ2v) is 10.1. The molecule has 1 aliphatic heterocycles. The fraction of sp³-hybridized carbons (Fsp3) is 0.286. The van der Waals surface area contributed by atoms with Crippen LogP contribution in [0.2, 0.25) is 5.02 Å². The molecule has 1 aromatic heterocycles. The molecule has 186 valence electrons. The van der Waals surface area contributed by atoms with Crippen LogP contribution in [0.3, 0.4) is 0 Å². The van der Waals surface area contributed by atoms with Crippen molar-refractivity contribution in [3.63, 3.8) is 0 Å². The van der Waals surface area contributed by atoms with E-state index in [2.05, 4.69) is 4.90 Å². The number of hydrogen-bond donors (Lipinski definition) is 0. The van der Waals surface area contributed by atoms with Crippen molar-refractivity contribution in [2.24, 2.45) is 0 Å². The Balaban J connectivity index is 1.45. The maximum absolute atomic E-state index is 14.0. The van der Waals surface area contributed by atoms with Crippen molar-refractivity contribution in [2.45, 2.75) is 13.3 Å². The maximum Gasteiger partial charge on any atom is 0.263 e. The third-order valence-corrected chi connectivity index (χ3v) is 7.71. The minimum absolute atomic E-state index is 0.133. The zero-order chi connectivity index (χ0) is 24.9. The number of thiazole rings is 1. The van der Waals surface area contributed by atoms with Crippen LogP contribution < -0.4 is 9.64 Å². The monoisotopic (exact) mass is 521 g/mol. The summed E-state index contributed by atoms with van der Waals surface area (Å²) in [6.45, 7) is 6.74. The summed E-state index contributed by atoms with van der Waals surface area (Å²) in [5.74, 6) is 1.07. The molecule has 0 saturated carbocycles. The lowest BCUT2D eigenvalue weighted by atomic mass is 10.1. The van der Waals surface area contributed by atoms with Crippen LogP contribution in [0.1, 0.15) is 22.3 Å². The van der Waals surface area contributed by atoms with Crippen molar-refractivity contribution in [2.75, 3.05) is 44.3 Å². The number of aryl methyl sites for hydroxylation is 1. The van der Waals surface area contributed by atoms with Gasteiger partial charge in [-0.3, -0.25) is 14.6 Å². The number of carbonyl (C=O) groups excluding carboxylic acids is 1. The van der Waals surface area contributed by atoms with E-state index in [0.717, 1.165) is 55.0 Å². The Morgan fingerprint density at radius 3 is 2.64 bits per heavy atom. The van der Waals surface area contributed by atoms with Crippen molar-refractivity contribution in [1.29, 1.82) is 0 Å². The molecule has 0 spiro atoms. The van der Waals surface area contributed by atoms with Crippen molar-refractivity contribution < 1.29 is 14.3 Å². The summed E-state index contributed by atoms with van der Waals surface area (Å²) in [5.41, 5.74) is 2.26. The number of halogens is 1. The van der Waals surface area contributed by atoms with Crippen molar-refractivity contribution in [3.05, 3.63) is 82.9 Å². The average Bonchev–Trinajstić information content (AvgIpc) is 3.35. The average molecular weight is 522 g/mol. The highest BCUT2D eigenvalue weighted by Gasteiger charge is 2.25. The molecule has 1 saturated heterocycles. The molecule has 6 nitrogen and oxygen atoms in total. The quantitative estimate of drug-likeness (QED) is 0.268. The molecular formula is C28H28ClN3O3S. The third kappa shape index (κ3) is 5.55. The number of ether oxygens (including phenoxy) is 2. The van der Waals surface area contributed by atoms with Gasteiger partial charge in [-0.25, -0.2) is 4.98 Å². The van der Waals surface area contributed by atoms with E-state index in [9.17, 15) is 4.79 Å². The number of aromatic nitrogens is 1. The van der Waals surface area contributed by atoms with E-state index in [4.69, 9.17) is 26.1 Å². The first-order valence-electron chi connectivity index (χ1n) is 12.1. The van der Waals surface area contributed by atoms with Gasteiger partial charge in [0.15, 0.2) is 5.13 Å². The first kappa shape index (κ1) is 24.7. The van der Waals surface area contributed by atoms with E-state index in [1.54, 1.807) is 4.90 Å². The lowest BCUT2D eigenvalue weighted by molar-refractivity contribution is 0.0376. The Hall–Kier alpha value is -2.97. The Labute approximate surface area is 220 Å². The van der Waals surface area contributed by atoms with Gasteiger partial charge in [-0.05, 0) is 55.3 Å². The molecule has 0 radical (unpaired) electrons. The van der Waals surface area contributed by atoms with E-state index in [1.807, 2.05) is 73.7 Å². The van der Waals surface area contributed by atoms with E-state index in [0.29, 0.717) is 33.8 Å². The van der Waals surface area contributed by atoms with Crippen molar-refractivity contribution in [3.8, 4) is 11.5 Å². The molecular weight excluding hydrogens is 494 g/mol. The number of rotatable bonds is 8. The van der Waals surface area contributed by atoms with Gasteiger partial charge in [-0.2, -0.15) is 0 Å². The molecule has 1 fully saturated rings. The second kappa shape index (κ2) is 11.4. The molecule has 0 atom stereocenters. The van der Waals surface area contributed by atoms with Gasteiger partial charge in [0.25, 0.3) is 5.91 Å². The molecule has 8 heteroatoms. The topological polar surface area (TPSA) is 54.9 Å². The molecule has 0 unspecified atom stereocenters. The lowest BCUT2D eigenvalue weighted by Crippen LogP contribution is -2.39. The number of fused-ring (bicyclic) bond motifs is 1. The van der Waals surface area contributed by atoms with Crippen LogP contribution in [0.25, 0.3) is 10.2 Å². The highest BCUT2D eigenvalue weighted by atomic mass is 35.5. The number of amides is 1. The zero-order valence-corrected chi connectivity index (χ0v) is 21.7. The maximum atomic E-state index is 14.0. The predicted molar refractivity (Wildman–Crippen MR) is 146 cm³/mol. The van der Waals surface area contributed by atoms with Gasteiger partial charge in [0.05, 0.1) is 29.0 Å². The fourth-order valence-electron chi connectivity index (χ4n) is 4.26. The lowest BCUT2D eigenvalue weighted by Gasteiger charge is -2.28. The van der Waals surface area contributed by atoms with E-state index in [-0.39, 0.29) is 5.91 Å². The molecule has 36 heavy (non-hydrogen) atoms. The normalized spacial score (nSPS) is 14.2. The zero-order valence-electron chi connectivity index (χ0n) is 20.2. The number of nitrogens with zero attached hydrogens (tertiary/aromatic N) is 3. The number of hydrogen-bond acceptors (Lipinski definition) is 6. The van der Waals surface area contributed by atoms with E-state index >= 15 is 0 Å². The van der Waals surface area contributed by atoms with E-state index in [1.165, 1.54) is 11.3 Å². The van der Waals surface area contributed by atoms with Crippen LogP contribution in [-0.4, -0.2) is 55.2 Å². The second-order valence-electron chi connectivity index (χ2n) is 8.69. The summed E-state index contributed by atoms with van der Waals surface area (Å²) < 4.78 is 12.6. The molecule has 2 heterocycles. The predicted octanol–water partition coefficient (Wildman–Crippen LogP) is 6.42. The van der Waals surface area contributed by atoms with Gasteiger partial charge in [0.1, 0.15) is 11.5 Å². The summed E-state index contributed by atoms with van der Waals surface area (Å²) in [6, 6.07) is 20.7. The van der Waals surface area contributed by atoms with Crippen LogP contribution in [-0.2, 0) is 4.74 Å². The molecule has 0 bridgehead atoms. The van der Waals surface area contributed by atoms with Crippen molar-refractivity contribution >= 4 is 44.2 Å². The third-order valence-electron chi connectivity index (χ3n) is 6.26. The number of morpholine rings is 1. The first-order chi connectivity index (χ1) is 17.6. The Morgan fingerprint density at radius 2 is 1.83 bits per heavy atom. The molecule has 3 aromatic carbocycles. The van der Waals surface area contributed by atoms with Gasteiger partial charge in [-0.1, -0.05) is 53.3 Å². The molecule has 4 aromatic rings. The largest absolute Gasteiger partial charge is 0.457 e. The highest BCUT2D eigenvalue weighted by Crippen LogP contribution is 2.35. The fourth-order valence-corrected chi connectivity index (χ4v) is 5.46. The molecule has 0 aliphatic carbocycles. The molecule has 1 aliphatic rings. The minimum Gasteiger partial charge on any atom is -0.457 e. The number of benzene rings is 3. The smallest absolute Gasteiger partial charge is 0.263 e. The van der Waals surface area contributed by atoms with Crippen LogP contribution in [0.5, 0.6) is 11.5 Å². The molecule has 1 amide bonds. The number of para-hydroxylation sites is 2. The first-order valence-corrected chi connectivity index (χ1v) is 13.3. The van der Waals surface area contributed by atoms with Crippen LogP contribution in [0, 0.1) is 6.92 Å². The van der Waals surface area contributed by atoms with Gasteiger partial charge in [0.2, 0.25) is 0 Å². The highest BCUT2D eigenvalue weighted by molar-refractivity contribution is 7.22. The minimum atomic E-state index is -0.133. The number of carbonyl (C=O) groups is 1. The summed E-state index contributed by atoms with van der Waals surface area (Å²) in [7, 11) is 0. The van der Waals surface area contributed by atoms with Crippen LogP contribution >= 0.6 is 22.9 Å². The van der Waals surface area contributed by atoms with E-state index < -0.39 is 0 Å². The summed E-state index contributed by atoms with van der Waals surface area (Å²) in [4.78, 5) is 23.0. The Kier molecular flexibility index (Phi) is 7.82. The van der Waals surface area contributed by atoms with Gasteiger partial charge < -0.3 is 9.47 Å². The van der Waals surface area contributed by atoms with Crippen LogP contribution in [0.4, 0.5) is 5.13 Å². The van der Waals surface area contributed by atoms with Gasteiger partial charge in [-0.15, -0.1) is 0 Å². The standard InChI is InChI=1S/C28H28ClN3O3S/c1-20-23(29)12-13-25-26(20)30-28(36-25)32(15-7-14-31-16-18-34-19-17-31)27(33)22-10-5-6-11-24(22)35-21-8-3-2-4-9-21/h2-6,8-13H,7,14-19H2,1H3. The Bertz CT molecular complexity index is 1340. The van der Waals surface area contributed by atoms with Gasteiger partial charge in [0, 0.05) is 31.2 Å². The number of anilines is 1. The van der Waals surface area contributed by atoms with Crippen molar-refractivity contribution in [1.82, 2.24) is 9.88 Å². The molecule has 5 rings (SSSR count). The summed E-state index contributed by atoms with van der Waals surface area (Å²) in [6.07, 6.45) is 0.823. The van der Waals surface area contributed by atoms with Crippen LogP contribution in [0.15, 0.2) is 66.7 Å².